The highest BCUT2D eigenvalue weighted by molar-refractivity contribution is 9.10. The van der Waals surface area contributed by atoms with E-state index in [2.05, 4.69) is 36.8 Å². The molecule has 9 nitrogen and oxygen atoms in total. The van der Waals surface area contributed by atoms with Gasteiger partial charge >= 0.3 is 5.97 Å². The highest BCUT2D eigenvalue weighted by atomic mass is 79.9. The standard InChI is InChI=1S/C29H28BrN5O4/c1-4-37-24-15-22(14-23(30)27(24)38-17-21-13-9-8-10-18(21)2)26-25(19(3)31-29-32-33-34-35(26)29)28(36)39-16-20-11-6-5-7-12-20/h5-15,26H,4,16-17H2,1-3H3,(H,31,32,34). The zero-order valence-electron chi connectivity index (χ0n) is 21.8. The number of tetrazole rings is 1. The third kappa shape index (κ3) is 5.65. The normalized spacial score (nSPS) is 14.4. The van der Waals surface area contributed by atoms with E-state index in [4.69, 9.17) is 14.2 Å². The molecule has 0 saturated carbocycles. The van der Waals surface area contributed by atoms with Crippen LogP contribution >= 0.6 is 15.9 Å². The van der Waals surface area contributed by atoms with Gasteiger partial charge in [0.15, 0.2) is 11.5 Å². The number of nitrogens with one attached hydrogen (secondary N) is 1. The Labute approximate surface area is 234 Å². The molecule has 200 valence electrons. The number of hydrogen-bond acceptors (Lipinski definition) is 8. The lowest BCUT2D eigenvalue weighted by molar-refractivity contribution is -0.140. The minimum atomic E-state index is -0.652. The van der Waals surface area contributed by atoms with Gasteiger partial charge in [-0.1, -0.05) is 59.7 Å². The molecule has 1 aliphatic heterocycles. The number of benzene rings is 3. The van der Waals surface area contributed by atoms with Crippen LogP contribution in [0.15, 0.2) is 82.5 Å². The van der Waals surface area contributed by atoms with Crippen LogP contribution < -0.4 is 14.8 Å². The molecule has 10 heteroatoms. The van der Waals surface area contributed by atoms with Crippen molar-refractivity contribution in [1.82, 2.24) is 20.2 Å². The molecule has 5 rings (SSSR count). The van der Waals surface area contributed by atoms with Gasteiger partial charge in [-0.05, 0) is 81.5 Å². The molecule has 3 aromatic carbocycles. The quantitative estimate of drug-likeness (QED) is 0.246. The first-order valence-corrected chi connectivity index (χ1v) is 13.4. The van der Waals surface area contributed by atoms with E-state index in [1.165, 1.54) is 0 Å². The van der Waals surface area contributed by atoms with Crippen LogP contribution in [-0.4, -0.2) is 32.8 Å². The number of fused-ring (bicyclic) bond motifs is 1. The van der Waals surface area contributed by atoms with Crippen molar-refractivity contribution in [3.8, 4) is 11.5 Å². The first-order valence-electron chi connectivity index (χ1n) is 12.6. The number of carbonyl (C=O) groups excluding carboxylic acids is 1. The lowest BCUT2D eigenvalue weighted by atomic mass is 9.95. The predicted molar refractivity (Wildman–Crippen MR) is 149 cm³/mol. The summed E-state index contributed by atoms with van der Waals surface area (Å²) in [5, 5.41) is 15.2. The number of aryl methyl sites for hydroxylation is 1. The molecule has 39 heavy (non-hydrogen) atoms. The monoisotopic (exact) mass is 589 g/mol. The van der Waals surface area contributed by atoms with Gasteiger partial charge in [-0.15, -0.1) is 0 Å². The molecule has 1 unspecified atom stereocenters. The Morgan fingerprint density at radius 2 is 1.79 bits per heavy atom. The Kier molecular flexibility index (Phi) is 7.92. The third-order valence-corrected chi connectivity index (χ3v) is 7.02. The molecule has 2 heterocycles. The molecule has 0 amide bonds. The van der Waals surface area contributed by atoms with Crippen molar-refractivity contribution in [2.45, 2.75) is 40.0 Å². The Morgan fingerprint density at radius 3 is 2.56 bits per heavy atom. The molecule has 0 radical (unpaired) electrons. The summed E-state index contributed by atoms with van der Waals surface area (Å²) in [6.07, 6.45) is 0. The summed E-state index contributed by atoms with van der Waals surface area (Å²) in [4.78, 5) is 13.5. The number of allylic oxidation sites excluding steroid dienone is 1. The first kappa shape index (κ1) is 26.4. The lowest BCUT2D eigenvalue weighted by Crippen LogP contribution is -2.29. The number of aromatic nitrogens is 4. The van der Waals surface area contributed by atoms with Crippen LogP contribution in [-0.2, 0) is 22.7 Å². The van der Waals surface area contributed by atoms with Gasteiger partial charge in [-0.3, -0.25) is 0 Å². The van der Waals surface area contributed by atoms with Gasteiger partial charge in [-0.2, -0.15) is 4.68 Å². The number of hydrogen-bond donors (Lipinski definition) is 1. The minimum absolute atomic E-state index is 0.144. The van der Waals surface area contributed by atoms with Gasteiger partial charge in [0.25, 0.3) is 0 Å². The van der Waals surface area contributed by atoms with Crippen molar-refractivity contribution in [2.75, 3.05) is 11.9 Å². The van der Waals surface area contributed by atoms with Crippen LogP contribution in [0.4, 0.5) is 5.95 Å². The molecular formula is C29H28BrN5O4. The zero-order chi connectivity index (χ0) is 27.4. The van der Waals surface area contributed by atoms with Crippen LogP contribution in [0.3, 0.4) is 0 Å². The van der Waals surface area contributed by atoms with E-state index in [1.807, 2.05) is 87.5 Å². The van der Waals surface area contributed by atoms with Crippen LogP contribution in [0.5, 0.6) is 11.5 Å². The highest BCUT2D eigenvalue weighted by Gasteiger charge is 2.36. The van der Waals surface area contributed by atoms with E-state index < -0.39 is 12.0 Å². The number of esters is 1. The highest BCUT2D eigenvalue weighted by Crippen LogP contribution is 2.43. The van der Waals surface area contributed by atoms with Gasteiger partial charge in [0, 0.05) is 5.70 Å². The molecule has 4 aromatic rings. The Balaban J connectivity index is 1.50. The van der Waals surface area contributed by atoms with Crippen LogP contribution in [0.2, 0.25) is 0 Å². The van der Waals surface area contributed by atoms with E-state index in [0.717, 1.165) is 22.3 Å². The second-order valence-electron chi connectivity index (χ2n) is 9.05. The van der Waals surface area contributed by atoms with Crippen molar-refractivity contribution in [3.63, 3.8) is 0 Å². The van der Waals surface area contributed by atoms with E-state index in [-0.39, 0.29) is 6.61 Å². The average molecular weight is 590 g/mol. The molecule has 1 N–H and O–H groups in total. The molecule has 0 aliphatic carbocycles. The van der Waals surface area contributed by atoms with Crippen LogP contribution in [0.1, 0.15) is 42.1 Å². The topological polar surface area (TPSA) is 100 Å². The fourth-order valence-electron chi connectivity index (χ4n) is 4.46. The number of anilines is 1. The summed E-state index contributed by atoms with van der Waals surface area (Å²) in [6.45, 7) is 6.72. The molecule has 0 fully saturated rings. The molecule has 1 aliphatic rings. The van der Waals surface area contributed by atoms with Crippen LogP contribution in [0, 0.1) is 6.92 Å². The first-order chi connectivity index (χ1) is 19.0. The van der Waals surface area contributed by atoms with Crippen molar-refractivity contribution in [3.05, 3.63) is 105 Å². The second-order valence-corrected chi connectivity index (χ2v) is 9.91. The van der Waals surface area contributed by atoms with Crippen molar-refractivity contribution in [1.29, 1.82) is 0 Å². The van der Waals surface area contributed by atoms with Gasteiger partial charge in [0.2, 0.25) is 5.95 Å². The number of ether oxygens (including phenoxy) is 3. The second kappa shape index (κ2) is 11.7. The number of halogens is 1. The maximum Gasteiger partial charge on any atom is 0.338 e. The van der Waals surface area contributed by atoms with E-state index in [1.54, 1.807) is 4.68 Å². The van der Waals surface area contributed by atoms with Gasteiger partial charge in [-0.25, -0.2) is 4.79 Å². The van der Waals surface area contributed by atoms with E-state index in [0.29, 0.717) is 46.4 Å². The summed E-state index contributed by atoms with van der Waals surface area (Å²) >= 11 is 3.68. The summed E-state index contributed by atoms with van der Waals surface area (Å²) < 4.78 is 20.2. The predicted octanol–water partition coefficient (Wildman–Crippen LogP) is 5.75. The fraction of sp³-hybridized carbons (Fsp3) is 0.241. The van der Waals surface area contributed by atoms with Crippen molar-refractivity contribution >= 4 is 27.8 Å². The number of nitrogens with zero attached hydrogens (tertiary/aromatic N) is 4. The molecule has 0 spiro atoms. The van der Waals surface area contributed by atoms with Gasteiger partial charge < -0.3 is 19.5 Å². The molecule has 0 saturated heterocycles. The molecule has 1 aromatic heterocycles. The maximum absolute atomic E-state index is 13.5. The number of rotatable bonds is 9. The summed E-state index contributed by atoms with van der Waals surface area (Å²) in [5.74, 6) is 1.07. The average Bonchev–Trinajstić information content (AvgIpc) is 3.40. The van der Waals surface area contributed by atoms with E-state index >= 15 is 0 Å². The maximum atomic E-state index is 13.5. The molecular weight excluding hydrogens is 562 g/mol. The zero-order valence-corrected chi connectivity index (χ0v) is 23.4. The van der Waals surface area contributed by atoms with Crippen LogP contribution in [0.25, 0.3) is 0 Å². The third-order valence-electron chi connectivity index (χ3n) is 6.43. The Morgan fingerprint density at radius 1 is 1.03 bits per heavy atom. The molecule has 1 atom stereocenters. The molecule has 0 bridgehead atoms. The SMILES string of the molecule is CCOc1cc(C2C(C(=O)OCc3ccccc3)=C(C)Nc3nnnn32)cc(Br)c1OCc1ccccc1C. The summed E-state index contributed by atoms with van der Waals surface area (Å²) in [5.41, 5.74) is 4.85. The lowest BCUT2D eigenvalue weighted by Gasteiger charge is -2.28. The smallest absolute Gasteiger partial charge is 0.338 e. The summed E-state index contributed by atoms with van der Waals surface area (Å²) in [7, 11) is 0. The fourth-order valence-corrected chi connectivity index (χ4v) is 5.03. The largest absolute Gasteiger partial charge is 0.490 e. The van der Waals surface area contributed by atoms with Gasteiger partial charge in [0.1, 0.15) is 19.3 Å². The Bertz CT molecular complexity index is 1520. The van der Waals surface area contributed by atoms with Crippen molar-refractivity contribution < 1.29 is 19.0 Å². The number of carbonyl (C=O) groups is 1. The summed E-state index contributed by atoms with van der Waals surface area (Å²) in [6, 6.07) is 20.7. The van der Waals surface area contributed by atoms with Crippen molar-refractivity contribution in [2.24, 2.45) is 0 Å². The van der Waals surface area contributed by atoms with E-state index in [9.17, 15) is 4.79 Å². The van der Waals surface area contributed by atoms with Gasteiger partial charge in [0.05, 0.1) is 16.7 Å². The Hall–Kier alpha value is -4.18. The minimum Gasteiger partial charge on any atom is -0.490 e.